The van der Waals surface area contributed by atoms with Crippen LogP contribution in [0.3, 0.4) is 0 Å². The Labute approximate surface area is 127 Å². The smallest absolute Gasteiger partial charge is 0.0974 e. The van der Waals surface area contributed by atoms with Crippen LogP contribution in [0.5, 0.6) is 0 Å². The van der Waals surface area contributed by atoms with E-state index in [1.54, 1.807) is 7.11 Å². The molecule has 2 aromatic rings. The van der Waals surface area contributed by atoms with Crippen LogP contribution in [-0.4, -0.2) is 20.2 Å². The molecule has 1 aliphatic carbocycles. The molecule has 110 valence electrons. The summed E-state index contributed by atoms with van der Waals surface area (Å²) in [5, 5.41) is 3.46. The SMILES string of the molecule is CNC(CC1Cc2ccccc21)C(OC)c1ccccc1. The largest absolute Gasteiger partial charge is 0.375 e. The highest BCUT2D eigenvalue weighted by molar-refractivity contribution is 5.40. The second-order valence-corrected chi connectivity index (χ2v) is 5.80. The van der Waals surface area contributed by atoms with Crippen LogP contribution in [0.25, 0.3) is 0 Å². The zero-order valence-corrected chi connectivity index (χ0v) is 12.8. The Balaban J connectivity index is 1.73. The average Bonchev–Trinajstić information content (AvgIpc) is 2.52. The van der Waals surface area contributed by atoms with E-state index in [1.165, 1.54) is 23.1 Å². The number of ether oxygens (including phenoxy) is 1. The van der Waals surface area contributed by atoms with E-state index in [9.17, 15) is 0 Å². The van der Waals surface area contributed by atoms with Crippen molar-refractivity contribution < 1.29 is 4.74 Å². The number of methoxy groups -OCH3 is 1. The maximum absolute atomic E-state index is 5.78. The molecular formula is C19H23NO. The van der Waals surface area contributed by atoms with Gasteiger partial charge in [0.15, 0.2) is 0 Å². The molecule has 0 aromatic heterocycles. The van der Waals surface area contributed by atoms with Crippen molar-refractivity contribution in [1.29, 1.82) is 0 Å². The lowest BCUT2D eigenvalue weighted by Crippen LogP contribution is -2.36. The van der Waals surface area contributed by atoms with Gasteiger partial charge < -0.3 is 10.1 Å². The van der Waals surface area contributed by atoms with E-state index < -0.39 is 0 Å². The number of hydrogen-bond donors (Lipinski definition) is 1. The molecule has 0 aliphatic heterocycles. The van der Waals surface area contributed by atoms with Crippen LogP contribution in [0.1, 0.15) is 35.1 Å². The Morgan fingerprint density at radius 3 is 2.48 bits per heavy atom. The fourth-order valence-electron chi connectivity index (χ4n) is 3.45. The molecule has 0 spiro atoms. The van der Waals surface area contributed by atoms with Gasteiger partial charge in [0.1, 0.15) is 0 Å². The fourth-order valence-corrected chi connectivity index (χ4v) is 3.45. The molecule has 0 heterocycles. The van der Waals surface area contributed by atoms with E-state index in [0.717, 1.165) is 6.42 Å². The van der Waals surface area contributed by atoms with E-state index in [4.69, 9.17) is 4.74 Å². The molecule has 21 heavy (non-hydrogen) atoms. The van der Waals surface area contributed by atoms with Gasteiger partial charge in [-0.05, 0) is 42.5 Å². The predicted octanol–water partition coefficient (Wildman–Crippen LogP) is 3.69. The zero-order valence-electron chi connectivity index (χ0n) is 12.8. The standard InChI is InChI=1S/C19H23NO/c1-20-18(19(21-2)14-8-4-3-5-9-14)13-16-12-15-10-6-7-11-17(15)16/h3-11,16,18-20H,12-13H2,1-2H3. The molecule has 3 unspecified atom stereocenters. The van der Waals surface area contributed by atoms with Gasteiger partial charge in [-0.25, -0.2) is 0 Å². The summed E-state index contributed by atoms with van der Waals surface area (Å²) >= 11 is 0. The van der Waals surface area contributed by atoms with Crippen LogP contribution in [-0.2, 0) is 11.2 Å². The quantitative estimate of drug-likeness (QED) is 0.872. The lowest BCUT2D eigenvalue weighted by Gasteiger charge is -2.35. The lowest BCUT2D eigenvalue weighted by molar-refractivity contribution is 0.0641. The van der Waals surface area contributed by atoms with E-state index in [1.807, 2.05) is 13.1 Å². The molecule has 0 amide bonds. The highest BCUT2D eigenvalue weighted by atomic mass is 16.5. The van der Waals surface area contributed by atoms with Gasteiger partial charge in [-0.1, -0.05) is 54.6 Å². The van der Waals surface area contributed by atoms with Crippen molar-refractivity contribution in [2.24, 2.45) is 0 Å². The number of rotatable bonds is 6. The van der Waals surface area contributed by atoms with Crippen molar-refractivity contribution in [3.8, 4) is 0 Å². The van der Waals surface area contributed by atoms with Crippen molar-refractivity contribution in [1.82, 2.24) is 5.32 Å². The lowest BCUT2D eigenvalue weighted by atomic mass is 9.73. The summed E-state index contributed by atoms with van der Waals surface area (Å²) in [5.74, 6) is 0.653. The maximum Gasteiger partial charge on any atom is 0.0974 e. The highest BCUT2D eigenvalue weighted by Crippen LogP contribution is 2.40. The Morgan fingerprint density at radius 1 is 1.10 bits per heavy atom. The minimum Gasteiger partial charge on any atom is -0.375 e. The minimum atomic E-state index is 0.101. The molecular weight excluding hydrogens is 258 g/mol. The van der Waals surface area contributed by atoms with Crippen molar-refractivity contribution in [3.05, 3.63) is 71.3 Å². The molecule has 2 nitrogen and oxygen atoms in total. The summed E-state index contributed by atoms with van der Waals surface area (Å²) in [7, 11) is 3.83. The first-order valence-corrected chi connectivity index (χ1v) is 7.66. The first-order valence-electron chi connectivity index (χ1n) is 7.66. The summed E-state index contributed by atoms with van der Waals surface area (Å²) in [4.78, 5) is 0. The third-order valence-electron chi connectivity index (χ3n) is 4.62. The van der Waals surface area contributed by atoms with Gasteiger partial charge in [-0.2, -0.15) is 0 Å². The monoisotopic (exact) mass is 281 g/mol. The van der Waals surface area contributed by atoms with Crippen LogP contribution < -0.4 is 5.32 Å². The molecule has 2 aromatic carbocycles. The minimum absolute atomic E-state index is 0.101. The third-order valence-corrected chi connectivity index (χ3v) is 4.62. The molecule has 0 saturated carbocycles. The van der Waals surface area contributed by atoms with Gasteiger partial charge in [-0.3, -0.25) is 0 Å². The van der Waals surface area contributed by atoms with Crippen LogP contribution in [0.15, 0.2) is 54.6 Å². The number of hydrogen-bond acceptors (Lipinski definition) is 2. The van der Waals surface area contributed by atoms with E-state index in [0.29, 0.717) is 12.0 Å². The average molecular weight is 281 g/mol. The van der Waals surface area contributed by atoms with Crippen LogP contribution in [0.4, 0.5) is 0 Å². The number of nitrogens with one attached hydrogen (secondary N) is 1. The molecule has 1 aliphatic rings. The van der Waals surface area contributed by atoms with Crippen molar-refractivity contribution in [2.45, 2.75) is 30.9 Å². The normalized spacial score (nSPS) is 19.4. The molecule has 0 radical (unpaired) electrons. The molecule has 3 rings (SSSR count). The molecule has 0 fully saturated rings. The van der Waals surface area contributed by atoms with Gasteiger partial charge in [0.25, 0.3) is 0 Å². The van der Waals surface area contributed by atoms with Crippen molar-refractivity contribution >= 4 is 0 Å². The molecule has 0 bridgehead atoms. The summed E-state index contributed by atoms with van der Waals surface area (Å²) in [6, 6.07) is 19.6. The third kappa shape index (κ3) is 2.87. The van der Waals surface area contributed by atoms with Gasteiger partial charge in [0, 0.05) is 13.2 Å². The summed E-state index contributed by atoms with van der Waals surface area (Å²) in [6.07, 6.45) is 2.41. The van der Waals surface area contributed by atoms with Crippen LogP contribution >= 0.6 is 0 Å². The topological polar surface area (TPSA) is 21.3 Å². The van der Waals surface area contributed by atoms with Crippen molar-refractivity contribution in [2.75, 3.05) is 14.2 Å². The first-order chi connectivity index (χ1) is 10.3. The van der Waals surface area contributed by atoms with E-state index in [2.05, 4.69) is 53.8 Å². The number of likely N-dealkylation sites (N-methyl/N-ethyl adjacent to an activating group) is 1. The summed E-state index contributed by atoms with van der Waals surface area (Å²) < 4.78 is 5.78. The second kappa shape index (κ2) is 6.42. The van der Waals surface area contributed by atoms with Gasteiger partial charge in [0.2, 0.25) is 0 Å². The van der Waals surface area contributed by atoms with E-state index in [-0.39, 0.29) is 6.10 Å². The Morgan fingerprint density at radius 2 is 1.81 bits per heavy atom. The predicted molar refractivity (Wildman–Crippen MR) is 86.5 cm³/mol. The van der Waals surface area contributed by atoms with Crippen molar-refractivity contribution in [3.63, 3.8) is 0 Å². The zero-order chi connectivity index (χ0) is 14.7. The summed E-state index contributed by atoms with van der Waals surface area (Å²) in [6.45, 7) is 0. The van der Waals surface area contributed by atoms with Gasteiger partial charge >= 0.3 is 0 Å². The Bertz CT molecular complexity index is 581. The van der Waals surface area contributed by atoms with Gasteiger partial charge in [-0.15, -0.1) is 0 Å². The number of benzene rings is 2. The van der Waals surface area contributed by atoms with Gasteiger partial charge in [0.05, 0.1) is 6.10 Å². The molecule has 1 N–H and O–H groups in total. The van der Waals surface area contributed by atoms with Crippen LogP contribution in [0, 0.1) is 0 Å². The highest BCUT2D eigenvalue weighted by Gasteiger charge is 2.31. The molecule has 0 saturated heterocycles. The number of fused-ring (bicyclic) bond motifs is 1. The Hall–Kier alpha value is -1.64. The van der Waals surface area contributed by atoms with Crippen LogP contribution in [0.2, 0.25) is 0 Å². The van der Waals surface area contributed by atoms with E-state index >= 15 is 0 Å². The molecule has 2 heteroatoms. The molecule has 3 atom stereocenters. The summed E-state index contributed by atoms with van der Waals surface area (Å²) in [5.41, 5.74) is 4.26. The first kappa shape index (κ1) is 14.3. The fraction of sp³-hybridized carbons (Fsp3) is 0.368. The second-order valence-electron chi connectivity index (χ2n) is 5.80. The maximum atomic E-state index is 5.78. The Kier molecular flexibility index (Phi) is 4.37.